The predicted octanol–water partition coefficient (Wildman–Crippen LogP) is 5.12. The van der Waals surface area contributed by atoms with Gasteiger partial charge in [-0.2, -0.15) is 0 Å². The molecule has 24 heavy (non-hydrogen) atoms. The van der Waals surface area contributed by atoms with Gasteiger partial charge in [0.1, 0.15) is 5.60 Å². The van der Waals surface area contributed by atoms with Crippen LogP contribution in [0, 0.1) is 0 Å². The molecule has 0 unspecified atom stereocenters. The predicted molar refractivity (Wildman–Crippen MR) is 100.0 cm³/mol. The van der Waals surface area contributed by atoms with Crippen LogP contribution in [0.5, 0.6) is 0 Å². The molecule has 2 aromatic rings. The Hall–Kier alpha value is -0.490. The van der Waals surface area contributed by atoms with E-state index in [1.807, 2.05) is 0 Å². The minimum absolute atomic E-state index is 0.243. The summed E-state index contributed by atoms with van der Waals surface area (Å²) in [6, 6.07) is 9.10. The van der Waals surface area contributed by atoms with Crippen LogP contribution in [0.2, 0.25) is 20.1 Å². The van der Waals surface area contributed by atoms with Crippen molar-refractivity contribution in [2.45, 2.75) is 18.3 Å². The van der Waals surface area contributed by atoms with Crippen LogP contribution in [0.15, 0.2) is 36.4 Å². The summed E-state index contributed by atoms with van der Waals surface area (Å²) in [6.07, 6.45) is 0. The van der Waals surface area contributed by atoms with Crippen LogP contribution in [-0.2, 0) is 21.2 Å². The number of aliphatic hydroxyl groups is 1. The van der Waals surface area contributed by atoms with Crippen molar-refractivity contribution < 1.29 is 13.5 Å². The smallest absolute Gasteiger partial charge is 0.157 e. The zero-order valence-electron chi connectivity index (χ0n) is 12.6. The molecule has 0 radical (unpaired) electrons. The Morgan fingerprint density at radius 3 is 2.21 bits per heavy atom. The molecule has 0 bridgehead atoms. The lowest BCUT2D eigenvalue weighted by Gasteiger charge is -2.24. The van der Waals surface area contributed by atoms with Crippen LogP contribution in [-0.4, -0.2) is 19.3 Å². The van der Waals surface area contributed by atoms with Crippen molar-refractivity contribution in [2.75, 3.05) is 5.75 Å². The van der Waals surface area contributed by atoms with Crippen LogP contribution in [0.4, 0.5) is 0 Å². The Balaban J connectivity index is 2.24. The summed E-state index contributed by atoms with van der Waals surface area (Å²) < 4.78 is 24.9. The highest BCUT2D eigenvalue weighted by Gasteiger charge is 2.31. The van der Waals surface area contributed by atoms with Gasteiger partial charge in [0.2, 0.25) is 0 Å². The molecule has 1 atom stereocenters. The fraction of sp³-hybridized carbons (Fsp3) is 0.250. The van der Waals surface area contributed by atoms with Crippen LogP contribution in [0.3, 0.4) is 0 Å². The lowest BCUT2D eigenvalue weighted by molar-refractivity contribution is 0.0819. The minimum Gasteiger partial charge on any atom is -0.384 e. The van der Waals surface area contributed by atoms with Gasteiger partial charge in [-0.25, -0.2) is 8.42 Å². The second-order valence-corrected chi connectivity index (χ2v) is 9.39. The maximum Gasteiger partial charge on any atom is 0.157 e. The Labute approximate surface area is 161 Å². The molecule has 0 amide bonds. The molecule has 3 nitrogen and oxygen atoms in total. The summed E-state index contributed by atoms with van der Waals surface area (Å²) >= 11 is 23.6. The highest BCUT2D eigenvalue weighted by molar-refractivity contribution is 7.90. The molecule has 130 valence electrons. The molecule has 0 saturated carbocycles. The first kappa shape index (κ1) is 19.8. The molecule has 0 saturated heterocycles. The topological polar surface area (TPSA) is 54.4 Å². The summed E-state index contributed by atoms with van der Waals surface area (Å²) in [5.74, 6) is -0.794. The number of hydrogen-bond acceptors (Lipinski definition) is 3. The molecule has 0 aliphatic rings. The first-order valence-corrected chi connectivity index (χ1v) is 10.2. The van der Waals surface area contributed by atoms with Gasteiger partial charge in [-0.3, -0.25) is 0 Å². The van der Waals surface area contributed by atoms with Gasteiger partial charge in [0.15, 0.2) is 9.84 Å². The summed E-state index contributed by atoms with van der Waals surface area (Å²) in [4.78, 5) is 0. The zero-order chi connectivity index (χ0) is 18.1. The highest BCUT2D eigenvalue weighted by atomic mass is 35.5. The lowest BCUT2D eigenvalue weighted by atomic mass is 9.98. The summed E-state index contributed by atoms with van der Waals surface area (Å²) in [5.41, 5.74) is -0.833. The average Bonchev–Trinajstić information content (AvgIpc) is 2.43. The van der Waals surface area contributed by atoms with E-state index in [0.29, 0.717) is 21.2 Å². The third kappa shape index (κ3) is 5.01. The van der Waals surface area contributed by atoms with Crippen molar-refractivity contribution in [3.63, 3.8) is 0 Å². The van der Waals surface area contributed by atoms with Crippen LogP contribution in [0.1, 0.15) is 18.1 Å². The van der Waals surface area contributed by atoms with E-state index in [1.54, 1.807) is 18.2 Å². The number of rotatable bonds is 5. The van der Waals surface area contributed by atoms with Crippen molar-refractivity contribution in [3.8, 4) is 0 Å². The van der Waals surface area contributed by atoms with E-state index in [9.17, 15) is 13.5 Å². The molecule has 0 aromatic heterocycles. The molecule has 8 heteroatoms. The Bertz CT molecular complexity index is 864. The standard InChI is InChI=1S/C16H14Cl4O3S/c1-16(21,11-3-5-13(18)15(20)6-11)9-24(22,23)8-10-2-4-12(17)7-14(10)19/h2-7,21H,8-9H2,1H3/t16-/m1/s1. The van der Waals surface area contributed by atoms with E-state index in [0.717, 1.165) is 0 Å². The second kappa shape index (κ2) is 7.40. The molecule has 2 aromatic carbocycles. The average molecular weight is 428 g/mol. The minimum atomic E-state index is -3.65. The molecule has 0 heterocycles. The molecule has 0 fully saturated rings. The molecular formula is C16H14Cl4O3S. The molecule has 0 aliphatic heterocycles. The fourth-order valence-corrected chi connectivity index (χ4v) is 4.97. The number of sulfone groups is 1. The Morgan fingerprint density at radius 2 is 1.62 bits per heavy atom. The van der Waals surface area contributed by atoms with Gasteiger partial charge in [0.05, 0.1) is 21.6 Å². The first-order chi connectivity index (χ1) is 11.0. The van der Waals surface area contributed by atoms with Gasteiger partial charge >= 0.3 is 0 Å². The van der Waals surface area contributed by atoms with E-state index < -0.39 is 21.2 Å². The monoisotopic (exact) mass is 426 g/mol. The van der Waals surface area contributed by atoms with Crippen molar-refractivity contribution >= 4 is 56.2 Å². The Kier molecular flexibility index (Phi) is 6.12. The fourth-order valence-electron chi connectivity index (χ4n) is 2.27. The van der Waals surface area contributed by atoms with E-state index in [-0.39, 0.29) is 15.8 Å². The molecule has 2 rings (SSSR count). The van der Waals surface area contributed by atoms with Crippen molar-refractivity contribution in [2.24, 2.45) is 0 Å². The highest BCUT2D eigenvalue weighted by Crippen LogP contribution is 2.31. The van der Waals surface area contributed by atoms with E-state index in [1.165, 1.54) is 25.1 Å². The maximum absolute atomic E-state index is 12.5. The van der Waals surface area contributed by atoms with Crippen molar-refractivity contribution in [3.05, 3.63) is 67.6 Å². The van der Waals surface area contributed by atoms with Gasteiger partial charge in [-0.05, 0) is 42.3 Å². The molecule has 0 aliphatic carbocycles. The summed E-state index contributed by atoms with van der Waals surface area (Å²) in [5, 5.41) is 11.8. The molecular weight excluding hydrogens is 414 g/mol. The van der Waals surface area contributed by atoms with Gasteiger partial charge in [-0.1, -0.05) is 58.5 Å². The van der Waals surface area contributed by atoms with E-state index >= 15 is 0 Å². The molecule has 1 N–H and O–H groups in total. The molecule has 0 spiro atoms. The Morgan fingerprint density at radius 1 is 0.958 bits per heavy atom. The van der Waals surface area contributed by atoms with Gasteiger partial charge in [-0.15, -0.1) is 0 Å². The third-order valence-corrected chi connectivity index (χ3v) is 6.51. The normalized spacial score (nSPS) is 14.4. The summed E-state index contributed by atoms with van der Waals surface area (Å²) in [6.45, 7) is 1.41. The van der Waals surface area contributed by atoms with Gasteiger partial charge in [0.25, 0.3) is 0 Å². The quantitative estimate of drug-likeness (QED) is 0.719. The van der Waals surface area contributed by atoms with Crippen LogP contribution in [0.25, 0.3) is 0 Å². The van der Waals surface area contributed by atoms with Crippen molar-refractivity contribution in [1.29, 1.82) is 0 Å². The maximum atomic E-state index is 12.5. The number of benzene rings is 2. The SMILES string of the molecule is C[C@@](O)(CS(=O)(=O)Cc1ccc(Cl)cc1Cl)c1ccc(Cl)c(Cl)c1. The zero-order valence-corrected chi connectivity index (χ0v) is 16.4. The van der Waals surface area contributed by atoms with Crippen LogP contribution < -0.4 is 0 Å². The number of halogens is 4. The second-order valence-electron chi connectivity index (χ2n) is 5.67. The first-order valence-electron chi connectivity index (χ1n) is 6.82. The summed E-state index contributed by atoms with van der Waals surface area (Å²) in [7, 11) is -3.65. The third-order valence-electron chi connectivity index (χ3n) is 3.43. The van der Waals surface area contributed by atoms with Crippen LogP contribution >= 0.6 is 46.4 Å². The number of hydrogen-bond donors (Lipinski definition) is 1. The lowest BCUT2D eigenvalue weighted by Crippen LogP contribution is -2.32. The van der Waals surface area contributed by atoms with E-state index in [4.69, 9.17) is 46.4 Å². The van der Waals surface area contributed by atoms with Gasteiger partial charge < -0.3 is 5.11 Å². The van der Waals surface area contributed by atoms with Crippen molar-refractivity contribution in [1.82, 2.24) is 0 Å². The largest absolute Gasteiger partial charge is 0.384 e. The van der Waals surface area contributed by atoms with Gasteiger partial charge in [0, 0.05) is 10.0 Å². The van der Waals surface area contributed by atoms with E-state index in [2.05, 4.69) is 0 Å².